The summed E-state index contributed by atoms with van der Waals surface area (Å²) in [5, 5.41) is 2.16. The van der Waals surface area contributed by atoms with Crippen molar-refractivity contribution in [1.29, 1.82) is 0 Å². The average molecular weight is 629 g/mol. The van der Waals surface area contributed by atoms with E-state index in [1.54, 1.807) is 0 Å². The van der Waals surface area contributed by atoms with Gasteiger partial charge in [0.2, 0.25) is 0 Å². The highest BCUT2D eigenvalue weighted by atomic mass is 16.3. The average Bonchev–Trinajstić information content (AvgIpc) is 3.56. The van der Waals surface area contributed by atoms with Crippen LogP contribution in [0, 0.1) is 0 Å². The number of rotatable bonds is 6. The molecule has 3 aromatic heterocycles. The minimum atomic E-state index is 0.616. The topological polar surface area (TPSA) is 64.7 Å². The van der Waals surface area contributed by atoms with Crippen LogP contribution in [0.3, 0.4) is 0 Å². The van der Waals surface area contributed by atoms with E-state index in [1.807, 2.05) is 97.2 Å². The highest BCUT2D eigenvalue weighted by Crippen LogP contribution is 2.40. The van der Waals surface area contributed by atoms with Crippen molar-refractivity contribution in [2.45, 2.75) is 0 Å². The third-order valence-corrected chi connectivity index (χ3v) is 8.80. The predicted octanol–water partition coefficient (Wildman–Crippen LogP) is 11.2. The smallest absolute Gasteiger partial charge is 0.164 e. The second-order valence-electron chi connectivity index (χ2n) is 11.9. The molecule has 0 aliphatic rings. The Morgan fingerprint density at radius 3 is 1.61 bits per heavy atom. The Morgan fingerprint density at radius 2 is 0.918 bits per heavy atom. The standard InChI is InChI=1S/C44H28N4O/c1-3-12-31(13-4-1)42-46-43(32-14-5-2-6-15-32)48-44(47-42)34-17-11-16-33(26-34)36-27-38-35-18-7-8-20-40(35)49-41(38)28-37(36)29-21-23-30(24-22-29)39-19-9-10-25-45-39/h1-28H. The molecule has 5 nitrogen and oxygen atoms in total. The highest BCUT2D eigenvalue weighted by molar-refractivity contribution is 6.09. The minimum absolute atomic E-state index is 0.616. The van der Waals surface area contributed by atoms with Gasteiger partial charge in [0.25, 0.3) is 0 Å². The molecular formula is C44H28N4O. The Balaban J connectivity index is 1.22. The molecular weight excluding hydrogens is 601 g/mol. The van der Waals surface area contributed by atoms with Gasteiger partial charge in [-0.25, -0.2) is 15.0 Å². The van der Waals surface area contributed by atoms with Crippen molar-refractivity contribution in [3.05, 3.63) is 170 Å². The molecule has 230 valence electrons. The maximum Gasteiger partial charge on any atom is 0.164 e. The zero-order valence-electron chi connectivity index (χ0n) is 26.4. The van der Waals surface area contributed by atoms with Crippen molar-refractivity contribution in [2.75, 3.05) is 0 Å². The number of aromatic nitrogens is 4. The molecule has 5 heteroatoms. The van der Waals surface area contributed by atoms with Crippen LogP contribution in [-0.4, -0.2) is 19.9 Å². The number of para-hydroxylation sites is 1. The Kier molecular flexibility index (Phi) is 7.06. The van der Waals surface area contributed by atoms with Crippen molar-refractivity contribution in [1.82, 2.24) is 19.9 Å². The normalized spacial score (nSPS) is 11.3. The third-order valence-electron chi connectivity index (χ3n) is 8.80. The highest BCUT2D eigenvalue weighted by Gasteiger charge is 2.17. The number of furan rings is 1. The predicted molar refractivity (Wildman–Crippen MR) is 198 cm³/mol. The summed E-state index contributed by atoms with van der Waals surface area (Å²) >= 11 is 0. The van der Waals surface area contributed by atoms with E-state index in [1.165, 1.54) is 0 Å². The number of nitrogens with zero attached hydrogens (tertiary/aromatic N) is 4. The van der Waals surface area contributed by atoms with E-state index in [9.17, 15) is 0 Å². The molecule has 49 heavy (non-hydrogen) atoms. The Morgan fingerprint density at radius 1 is 0.347 bits per heavy atom. The van der Waals surface area contributed by atoms with E-state index in [0.717, 1.165) is 72.1 Å². The minimum Gasteiger partial charge on any atom is -0.456 e. The largest absolute Gasteiger partial charge is 0.456 e. The van der Waals surface area contributed by atoms with Crippen LogP contribution in [0.1, 0.15) is 0 Å². The van der Waals surface area contributed by atoms with Gasteiger partial charge in [0.15, 0.2) is 17.5 Å². The summed E-state index contributed by atoms with van der Waals surface area (Å²) in [4.78, 5) is 19.4. The molecule has 0 radical (unpaired) electrons. The molecule has 0 N–H and O–H groups in total. The molecule has 3 heterocycles. The summed E-state index contributed by atoms with van der Waals surface area (Å²) in [6.45, 7) is 0. The summed E-state index contributed by atoms with van der Waals surface area (Å²) in [5.41, 5.74) is 10.8. The van der Waals surface area contributed by atoms with E-state index in [0.29, 0.717) is 17.5 Å². The summed E-state index contributed by atoms with van der Waals surface area (Å²) < 4.78 is 6.37. The first-order valence-electron chi connectivity index (χ1n) is 16.2. The second kappa shape index (κ2) is 12.1. The summed E-state index contributed by atoms with van der Waals surface area (Å²) in [5.74, 6) is 1.88. The molecule has 0 spiro atoms. The first kappa shape index (κ1) is 28.5. The van der Waals surface area contributed by atoms with Crippen molar-refractivity contribution in [2.24, 2.45) is 0 Å². The van der Waals surface area contributed by atoms with E-state index < -0.39 is 0 Å². The first-order chi connectivity index (χ1) is 24.3. The first-order valence-corrected chi connectivity index (χ1v) is 16.2. The van der Waals surface area contributed by atoms with E-state index in [4.69, 9.17) is 19.4 Å². The molecule has 0 aliphatic heterocycles. The van der Waals surface area contributed by atoms with Crippen LogP contribution in [0.15, 0.2) is 174 Å². The van der Waals surface area contributed by atoms with E-state index in [-0.39, 0.29) is 0 Å². The van der Waals surface area contributed by atoms with E-state index in [2.05, 4.69) is 77.8 Å². The number of hydrogen-bond donors (Lipinski definition) is 0. The summed E-state index contributed by atoms with van der Waals surface area (Å²) in [6, 6.07) is 55.7. The summed E-state index contributed by atoms with van der Waals surface area (Å²) in [6.07, 6.45) is 1.82. The number of fused-ring (bicyclic) bond motifs is 3. The maximum atomic E-state index is 6.37. The lowest BCUT2D eigenvalue weighted by molar-refractivity contribution is 0.669. The van der Waals surface area contributed by atoms with Crippen LogP contribution in [0.4, 0.5) is 0 Å². The molecule has 0 amide bonds. The molecule has 9 aromatic rings. The van der Waals surface area contributed by atoms with Gasteiger partial charge in [0.05, 0.1) is 5.69 Å². The van der Waals surface area contributed by atoms with Gasteiger partial charge < -0.3 is 4.42 Å². The monoisotopic (exact) mass is 628 g/mol. The van der Waals surface area contributed by atoms with Crippen molar-refractivity contribution < 1.29 is 4.42 Å². The van der Waals surface area contributed by atoms with Gasteiger partial charge >= 0.3 is 0 Å². The zero-order chi connectivity index (χ0) is 32.6. The van der Waals surface area contributed by atoms with Gasteiger partial charge in [-0.1, -0.05) is 127 Å². The van der Waals surface area contributed by atoms with Crippen LogP contribution in [-0.2, 0) is 0 Å². The fraction of sp³-hybridized carbons (Fsp3) is 0. The van der Waals surface area contributed by atoms with Gasteiger partial charge in [-0.2, -0.15) is 0 Å². The lowest BCUT2D eigenvalue weighted by Gasteiger charge is -2.13. The number of benzene rings is 6. The third kappa shape index (κ3) is 5.43. The fourth-order valence-corrected chi connectivity index (χ4v) is 6.37. The van der Waals surface area contributed by atoms with Crippen molar-refractivity contribution in [3.8, 4) is 67.7 Å². The second-order valence-corrected chi connectivity index (χ2v) is 11.9. The number of pyridine rings is 1. The molecule has 9 rings (SSSR count). The summed E-state index contributed by atoms with van der Waals surface area (Å²) in [7, 11) is 0. The van der Waals surface area contributed by atoms with Gasteiger partial charge in [-0.05, 0) is 58.7 Å². The molecule has 0 unspecified atom stereocenters. The van der Waals surface area contributed by atoms with Crippen molar-refractivity contribution >= 4 is 21.9 Å². The van der Waals surface area contributed by atoms with Gasteiger partial charge in [-0.15, -0.1) is 0 Å². The number of hydrogen-bond acceptors (Lipinski definition) is 5. The fourth-order valence-electron chi connectivity index (χ4n) is 6.37. The molecule has 0 atom stereocenters. The SMILES string of the molecule is c1ccc(-c2nc(-c3ccccc3)nc(-c3cccc(-c4cc5c(cc4-c4ccc(-c6ccccn6)cc4)oc4ccccc45)c3)n2)cc1. The molecule has 0 bridgehead atoms. The molecule has 0 saturated carbocycles. The molecule has 6 aromatic carbocycles. The Labute approximate surface area is 283 Å². The van der Waals surface area contributed by atoms with Crippen LogP contribution >= 0.6 is 0 Å². The van der Waals surface area contributed by atoms with Crippen LogP contribution in [0.5, 0.6) is 0 Å². The van der Waals surface area contributed by atoms with Crippen molar-refractivity contribution in [3.63, 3.8) is 0 Å². The van der Waals surface area contributed by atoms with Gasteiger partial charge in [0, 0.05) is 39.2 Å². The van der Waals surface area contributed by atoms with Crippen LogP contribution in [0.2, 0.25) is 0 Å². The van der Waals surface area contributed by atoms with Crippen LogP contribution in [0.25, 0.3) is 89.6 Å². The Hall–Kier alpha value is -6.72. The quantitative estimate of drug-likeness (QED) is 0.183. The lowest BCUT2D eigenvalue weighted by atomic mass is 9.91. The van der Waals surface area contributed by atoms with E-state index >= 15 is 0 Å². The lowest BCUT2D eigenvalue weighted by Crippen LogP contribution is -2.00. The zero-order valence-corrected chi connectivity index (χ0v) is 26.4. The van der Waals surface area contributed by atoms with Crippen LogP contribution < -0.4 is 0 Å². The molecule has 0 saturated heterocycles. The van der Waals surface area contributed by atoms with Gasteiger partial charge in [0.1, 0.15) is 11.2 Å². The molecule has 0 aliphatic carbocycles. The maximum absolute atomic E-state index is 6.37. The van der Waals surface area contributed by atoms with Gasteiger partial charge in [-0.3, -0.25) is 4.98 Å². The Bertz CT molecular complexity index is 2520. The molecule has 0 fully saturated rings.